The second-order valence-corrected chi connectivity index (χ2v) is 10.8. The molecule has 0 aliphatic heterocycles. The summed E-state index contributed by atoms with van der Waals surface area (Å²) in [5.41, 5.74) is 8.04. The molecule has 0 fully saturated rings. The van der Waals surface area contributed by atoms with E-state index in [1.807, 2.05) is 42.5 Å². The maximum absolute atomic E-state index is 10.3. The third kappa shape index (κ3) is 4.80. The molecule has 5 aromatic carbocycles. The van der Waals surface area contributed by atoms with Gasteiger partial charge in [-0.1, -0.05) is 84.9 Å². The average Bonchev–Trinajstić information content (AvgIpc) is 3.39. The number of rotatable bonds is 5. The number of hydrogen-bond donors (Lipinski definition) is 1. The molecule has 5 heteroatoms. The van der Waals surface area contributed by atoms with E-state index in [4.69, 9.17) is 9.98 Å². The molecule has 6 rings (SSSR count). The molecule has 6 aromatic rings. The van der Waals surface area contributed by atoms with E-state index in [1.165, 1.54) is 11.1 Å². The molecule has 0 amide bonds. The first-order valence-electron chi connectivity index (χ1n) is 11.8. The van der Waals surface area contributed by atoms with Gasteiger partial charge in [-0.25, -0.2) is 4.98 Å². The number of phenolic OH excluding ortho intramolecular Hbond substituents is 1. The molecule has 0 radical (unpaired) electrons. The Labute approximate surface area is 233 Å². The Morgan fingerprint density at radius 1 is 0.703 bits per heavy atom. The number of hydrogen-bond acceptors (Lipinski definition) is 4. The highest BCUT2D eigenvalue weighted by molar-refractivity contribution is 14.1. The summed E-state index contributed by atoms with van der Waals surface area (Å²) in [5, 5.41) is 11.2. The van der Waals surface area contributed by atoms with Gasteiger partial charge in [-0.15, -0.1) is 11.3 Å². The van der Waals surface area contributed by atoms with Gasteiger partial charge >= 0.3 is 0 Å². The Bertz CT molecular complexity index is 1670. The third-order valence-electron chi connectivity index (χ3n) is 6.18. The number of fused-ring (bicyclic) bond motifs is 1. The molecular weight excluding hydrogens is 587 g/mol. The van der Waals surface area contributed by atoms with E-state index in [1.54, 1.807) is 23.6 Å². The molecule has 1 aromatic heterocycles. The first-order valence-corrected chi connectivity index (χ1v) is 13.7. The number of benzene rings is 5. The summed E-state index contributed by atoms with van der Waals surface area (Å²) in [7, 11) is 0. The van der Waals surface area contributed by atoms with Crippen LogP contribution in [-0.4, -0.2) is 16.3 Å². The van der Waals surface area contributed by atoms with Crippen LogP contribution in [0.4, 0.5) is 5.69 Å². The Morgan fingerprint density at radius 3 is 2.11 bits per heavy atom. The number of aromatic hydroxyl groups is 1. The molecule has 0 aliphatic rings. The summed E-state index contributed by atoms with van der Waals surface area (Å²) < 4.78 is 2.19. The minimum Gasteiger partial charge on any atom is -0.507 e. The van der Waals surface area contributed by atoms with E-state index < -0.39 is 0 Å². The largest absolute Gasteiger partial charge is 0.507 e. The predicted molar refractivity (Wildman–Crippen MR) is 164 cm³/mol. The number of halogens is 1. The van der Waals surface area contributed by atoms with Crippen molar-refractivity contribution in [3.63, 3.8) is 0 Å². The molecule has 0 unspecified atom stereocenters. The van der Waals surface area contributed by atoms with Crippen LogP contribution >= 0.6 is 33.9 Å². The van der Waals surface area contributed by atoms with Gasteiger partial charge in [0.15, 0.2) is 0 Å². The SMILES string of the molecule is Oc1ccc(I)cc1C=Nc1ccccc1-c1nc2c(-c3ccccc3)ccc(-c3ccccc3)c2s1. The van der Waals surface area contributed by atoms with Crippen molar-refractivity contribution in [2.24, 2.45) is 4.99 Å². The predicted octanol–water partition coefficient (Wildman–Crippen LogP) is 9.36. The third-order valence-corrected chi connectivity index (χ3v) is 7.97. The van der Waals surface area contributed by atoms with Crippen LogP contribution in [0, 0.1) is 3.57 Å². The number of para-hydroxylation sites is 1. The highest BCUT2D eigenvalue weighted by Gasteiger charge is 2.17. The van der Waals surface area contributed by atoms with Crippen LogP contribution in [0.3, 0.4) is 0 Å². The van der Waals surface area contributed by atoms with Crippen molar-refractivity contribution in [3.05, 3.63) is 124 Å². The molecule has 0 spiro atoms. The minimum atomic E-state index is 0.210. The van der Waals surface area contributed by atoms with E-state index in [-0.39, 0.29) is 5.75 Å². The monoisotopic (exact) mass is 608 g/mol. The van der Waals surface area contributed by atoms with Crippen LogP contribution < -0.4 is 0 Å². The second kappa shape index (κ2) is 10.3. The van der Waals surface area contributed by atoms with Gasteiger partial charge in [0.05, 0.1) is 15.9 Å². The number of aliphatic imine (C=N–C) groups is 1. The molecule has 0 bridgehead atoms. The topological polar surface area (TPSA) is 45.5 Å². The lowest BCUT2D eigenvalue weighted by molar-refractivity contribution is 0.474. The maximum atomic E-state index is 10.3. The summed E-state index contributed by atoms with van der Waals surface area (Å²) >= 11 is 3.92. The highest BCUT2D eigenvalue weighted by atomic mass is 127. The lowest BCUT2D eigenvalue weighted by atomic mass is 9.99. The van der Waals surface area contributed by atoms with Crippen LogP contribution in [-0.2, 0) is 0 Å². The fraction of sp³-hybridized carbons (Fsp3) is 0. The molecule has 0 atom stereocenters. The molecule has 1 N–H and O–H groups in total. The van der Waals surface area contributed by atoms with Gasteiger partial charge in [-0.2, -0.15) is 0 Å². The minimum absolute atomic E-state index is 0.210. The summed E-state index contributed by atoms with van der Waals surface area (Å²) in [6.45, 7) is 0. The van der Waals surface area contributed by atoms with E-state index in [0.29, 0.717) is 5.56 Å². The Kier molecular flexibility index (Phi) is 6.55. The normalized spacial score (nSPS) is 11.4. The van der Waals surface area contributed by atoms with Crippen molar-refractivity contribution in [2.75, 3.05) is 0 Å². The van der Waals surface area contributed by atoms with Gasteiger partial charge in [0.25, 0.3) is 0 Å². The van der Waals surface area contributed by atoms with Crippen molar-refractivity contribution in [2.45, 2.75) is 0 Å². The van der Waals surface area contributed by atoms with Gasteiger partial charge in [0, 0.05) is 32.0 Å². The fourth-order valence-corrected chi connectivity index (χ4v) is 6.03. The number of phenols is 1. The first-order chi connectivity index (χ1) is 18.2. The molecule has 1 heterocycles. The smallest absolute Gasteiger partial charge is 0.126 e. The summed E-state index contributed by atoms with van der Waals surface area (Å²) in [6, 6.07) is 38.7. The molecule has 0 saturated carbocycles. The lowest BCUT2D eigenvalue weighted by Gasteiger charge is -2.07. The quantitative estimate of drug-likeness (QED) is 0.157. The van der Waals surface area contributed by atoms with Gasteiger partial charge in [-0.3, -0.25) is 4.99 Å². The zero-order valence-electron chi connectivity index (χ0n) is 19.7. The average molecular weight is 609 g/mol. The first kappa shape index (κ1) is 23.6. The number of nitrogens with zero attached hydrogens (tertiary/aromatic N) is 2. The number of aromatic nitrogens is 1. The maximum Gasteiger partial charge on any atom is 0.126 e. The Hall–Kier alpha value is -3.81. The van der Waals surface area contributed by atoms with Gasteiger partial charge in [0.2, 0.25) is 0 Å². The van der Waals surface area contributed by atoms with E-state index >= 15 is 0 Å². The van der Waals surface area contributed by atoms with Crippen molar-refractivity contribution in [3.8, 4) is 38.6 Å². The second-order valence-electron chi connectivity index (χ2n) is 8.57. The van der Waals surface area contributed by atoms with E-state index in [2.05, 4.69) is 89.3 Å². The van der Waals surface area contributed by atoms with Gasteiger partial charge in [-0.05, 0) is 64.0 Å². The molecule has 0 aliphatic carbocycles. The fourth-order valence-electron chi connectivity index (χ4n) is 4.35. The molecule has 178 valence electrons. The van der Waals surface area contributed by atoms with Crippen LogP contribution in [0.2, 0.25) is 0 Å². The summed E-state index contributed by atoms with van der Waals surface area (Å²) in [6.07, 6.45) is 1.72. The Morgan fingerprint density at radius 2 is 1.35 bits per heavy atom. The van der Waals surface area contributed by atoms with Crippen molar-refractivity contribution in [1.82, 2.24) is 4.98 Å². The van der Waals surface area contributed by atoms with Crippen molar-refractivity contribution >= 4 is 56.0 Å². The number of thiazole rings is 1. The van der Waals surface area contributed by atoms with Crippen LogP contribution in [0.25, 0.3) is 43.0 Å². The van der Waals surface area contributed by atoms with E-state index in [9.17, 15) is 5.11 Å². The zero-order valence-corrected chi connectivity index (χ0v) is 22.6. The summed E-state index contributed by atoms with van der Waals surface area (Å²) in [5.74, 6) is 0.210. The van der Waals surface area contributed by atoms with Crippen molar-refractivity contribution < 1.29 is 5.11 Å². The lowest BCUT2D eigenvalue weighted by Crippen LogP contribution is -1.85. The Balaban J connectivity index is 1.52. The van der Waals surface area contributed by atoms with Crippen LogP contribution in [0.5, 0.6) is 5.75 Å². The van der Waals surface area contributed by atoms with Gasteiger partial charge < -0.3 is 5.11 Å². The van der Waals surface area contributed by atoms with Crippen molar-refractivity contribution in [1.29, 1.82) is 0 Å². The van der Waals surface area contributed by atoms with Gasteiger partial charge in [0.1, 0.15) is 10.8 Å². The highest BCUT2D eigenvalue weighted by Crippen LogP contribution is 2.43. The molecule has 37 heavy (non-hydrogen) atoms. The summed E-state index contributed by atoms with van der Waals surface area (Å²) in [4.78, 5) is 9.95. The zero-order chi connectivity index (χ0) is 25.2. The molecule has 0 saturated heterocycles. The van der Waals surface area contributed by atoms with Crippen LogP contribution in [0.1, 0.15) is 5.56 Å². The van der Waals surface area contributed by atoms with Crippen LogP contribution in [0.15, 0.2) is 120 Å². The molecule has 3 nitrogen and oxygen atoms in total. The van der Waals surface area contributed by atoms with E-state index in [0.717, 1.165) is 41.2 Å². The standard InChI is InChI=1S/C32H21IN2OS/c33-24-15-18-29(36)23(19-24)20-34-28-14-8-7-13-27(28)32-35-30-25(21-9-3-1-4-10-21)16-17-26(31(30)37-32)22-11-5-2-6-12-22/h1-20,36H. The molecular formula is C32H21IN2OS.